The number of nitrogens with zero attached hydrogens (tertiary/aromatic N) is 3. The number of aromatic nitrogens is 2. The molecule has 0 spiro atoms. The molecule has 7 heteroatoms. The van der Waals surface area contributed by atoms with Gasteiger partial charge in [-0.1, -0.05) is 30.3 Å². The molecule has 2 heterocycles. The van der Waals surface area contributed by atoms with Crippen LogP contribution >= 0.6 is 0 Å². The third-order valence-corrected chi connectivity index (χ3v) is 5.41. The molecule has 3 aromatic rings. The molecule has 0 radical (unpaired) electrons. The lowest BCUT2D eigenvalue weighted by Crippen LogP contribution is -2.40. The Morgan fingerprint density at radius 1 is 1.14 bits per heavy atom. The maximum atomic E-state index is 12.8. The van der Waals surface area contributed by atoms with Crippen LogP contribution in [0, 0.1) is 0 Å². The van der Waals surface area contributed by atoms with Crippen molar-refractivity contribution in [2.45, 2.75) is 31.4 Å². The second-order valence-corrected chi connectivity index (χ2v) is 7.18. The molecule has 29 heavy (non-hydrogen) atoms. The molecule has 4 rings (SSSR count). The highest BCUT2D eigenvalue weighted by Gasteiger charge is 2.39. The van der Waals surface area contributed by atoms with Gasteiger partial charge in [-0.25, -0.2) is 9.78 Å². The molecule has 1 saturated heterocycles. The van der Waals surface area contributed by atoms with E-state index in [0.717, 1.165) is 22.5 Å². The predicted molar refractivity (Wildman–Crippen MR) is 108 cm³/mol. The van der Waals surface area contributed by atoms with Crippen LogP contribution in [-0.4, -0.2) is 57.2 Å². The number of amides is 1. The Morgan fingerprint density at radius 2 is 1.86 bits per heavy atom. The summed E-state index contributed by atoms with van der Waals surface area (Å²) in [6.07, 6.45) is 0.688. The Bertz CT molecular complexity index is 1030. The van der Waals surface area contributed by atoms with Crippen molar-refractivity contribution in [3.05, 3.63) is 60.4 Å². The topological polar surface area (TPSA) is 84.7 Å². The summed E-state index contributed by atoms with van der Waals surface area (Å²) in [5.41, 5.74) is 2.82. The summed E-state index contributed by atoms with van der Waals surface area (Å²) >= 11 is 0. The Labute approximate surface area is 168 Å². The number of carboxylic acids is 1. The summed E-state index contributed by atoms with van der Waals surface area (Å²) in [5, 5.41) is 9.45. The number of imidazole rings is 1. The average Bonchev–Trinajstić information content (AvgIpc) is 3.34. The quantitative estimate of drug-likeness (QED) is 0.696. The van der Waals surface area contributed by atoms with E-state index in [-0.39, 0.29) is 18.4 Å². The second kappa shape index (κ2) is 8.05. The Morgan fingerprint density at radius 3 is 2.59 bits per heavy atom. The van der Waals surface area contributed by atoms with Gasteiger partial charge in [0.25, 0.3) is 0 Å². The molecule has 0 saturated carbocycles. The zero-order valence-electron chi connectivity index (χ0n) is 16.2. The maximum Gasteiger partial charge on any atom is 0.326 e. The number of carbonyl (C=O) groups excluding carboxylic acids is 1. The van der Waals surface area contributed by atoms with Crippen molar-refractivity contribution in [1.29, 1.82) is 0 Å². The number of aliphatic carboxylic acids is 1. The van der Waals surface area contributed by atoms with Crippen molar-refractivity contribution in [2.24, 2.45) is 0 Å². The van der Waals surface area contributed by atoms with Crippen LogP contribution in [0.5, 0.6) is 0 Å². The van der Waals surface area contributed by atoms with Gasteiger partial charge in [0.05, 0.1) is 17.1 Å². The van der Waals surface area contributed by atoms with Crippen LogP contribution in [0.2, 0.25) is 0 Å². The Kier molecular flexibility index (Phi) is 5.31. The van der Waals surface area contributed by atoms with Gasteiger partial charge in [-0.3, -0.25) is 9.36 Å². The van der Waals surface area contributed by atoms with Gasteiger partial charge in [0, 0.05) is 38.6 Å². The van der Waals surface area contributed by atoms with Crippen molar-refractivity contribution in [1.82, 2.24) is 14.5 Å². The van der Waals surface area contributed by atoms with E-state index >= 15 is 0 Å². The molecule has 150 valence electrons. The Hall–Kier alpha value is -3.19. The Balaban J connectivity index is 1.59. The second-order valence-electron chi connectivity index (χ2n) is 7.18. The lowest BCUT2D eigenvalue weighted by molar-refractivity contribution is -0.148. The highest BCUT2D eigenvalue weighted by molar-refractivity contribution is 5.85. The monoisotopic (exact) mass is 393 g/mol. The van der Waals surface area contributed by atoms with Gasteiger partial charge in [-0.15, -0.1) is 0 Å². The van der Waals surface area contributed by atoms with E-state index in [4.69, 9.17) is 9.72 Å². The number of hydrogen-bond acceptors (Lipinski definition) is 4. The summed E-state index contributed by atoms with van der Waals surface area (Å²) < 4.78 is 7.33. The molecule has 1 fully saturated rings. The van der Waals surface area contributed by atoms with E-state index in [1.165, 1.54) is 4.90 Å². The fourth-order valence-corrected chi connectivity index (χ4v) is 3.95. The summed E-state index contributed by atoms with van der Waals surface area (Å²) in [5.74, 6) is -0.404. The van der Waals surface area contributed by atoms with Crippen molar-refractivity contribution in [3.8, 4) is 5.69 Å². The number of carbonyl (C=O) groups is 2. The summed E-state index contributed by atoms with van der Waals surface area (Å²) in [6.45, 7) is 0.307. The van der Waals surface area contributed by atoms with Crippen molar-refractivity contribution in [2.75, 3.05) is 13.7 Å². The first-order valence-corrected chi connectivity index (χ1v) is 9.65. The molecule has 1 N–H and O–H groups in total. The SMILES string of the molecule is COC1CC(C(=O)O)N(C(=O)CCc2nc3ccccc3n2-c2ccccc2)C1. The van der Waals surface area contributed by atoms with Gasteiger partial charge in [-0.2, -0.15) is 0 Å². The molecule has 0 aliphatic carbocycles. The van der Waals surface area contributed by atoms with Gasteiger partial charge in [0.15, 0.2) is 0 Å². The molecular formula is C22H23N3O4. The van der Waals surface area contributed by atoms with Crippen LogP contribution in [0.3, 0.4) is 0 Å². The molecule has 0 bridgehead atoms. The van der Waals surface area contributed by atoms with E-state index < -0.39 is 12.0 Å². The number of benzene rings is 2. The van der Waals surface area contributed by atoms with E-state index in [2.05, 4.69) is 4.57 Å². The lowest BCUT2D eigenvalue weighted by atomic mass is 10.2. The van der Waals surface area contributed by atoms with Crippen molar-refractivity contribution >= 4 is 22.9 Å². The number of fused-ring (bicyclic) bond motifs is 1. The normalized spacial score (nSPS) is 19.0. The van der Waals surface area contributed by atoms with Gasteiger partial charge in [0.2, 0.25) is 5.91 Å². The third-order valence-electron chi connectivity index (χ3n) is 5.41. The molecule has 1 aliphatic rings. The minimum absolute atomic E-state index is 0.191. The van der Waals surface area contributed by atoms with Gasteiger partial charge in [0.1, 0.15) is 11.9 Å². The summed E-state index contributed by atoms with van der Waals surface area (Å²) in [7, 11) is 1.54. The molecule has 1 aliphatic heterocycles. The van der Waals surface area contributed by atoms with Crippen molar-refractivity contribution in [3.63, 3.8) is 0 Å². The van der Waals surface area contributed by atoms with Crippen LogP contribution in [-0.2, 0) is 20.7 Å². The fourth-order valence-electron chi connectivity index (χ4n) is 3.95. The largest absolute Gasteiger partial charge is 0.480 e. The van der Waals surface area contributed by atoms with Crippen LogP contribution in [0.1, 0.15) is 18.7 Å². The van der Waals surface area contributed by atoms with Crippen molar-refractivity contribution < 1.29 is 19.4 Å². The number of aryl methyl sites for hydroxylation is 1. The number of methoxy groups -OCH3 is 1. The summed E-state index contributed by atoms with van der Waals surface area (Å²) in [4.78, 5) is 30.5. The third kappa shape index (κ3) is 3.73. The number of likely N-dealkylation sites (tertiary alicyclic amines) is 1. The average molecular weight is 393 g/mol. The lowest BCUT2D eigenvalue weighted by Gasteiger charge is -2.21. The number of ether oxygens (including phenoxy) is 1. The van der Waals surface area contributed by atoms with Crippen LogP contribution in [0.25, 0.3) is 16.7 Å². The first kappa shape index (κ1) is 19.1. The van der Waals surface area contributed by atoms with E-state index in [1.807, 2.05) is 54.6 Å². The fraction of sp³-hybridized carbons (Fsp3) is 0.318. The summed E-state index contributed by atoms with van der Waals surface area (Å²) in [6, 6.07) is 16.9. The van der Waals surface area contributed by atoms with Crippen LogP contribution in [0.4, 0.5) is 0 Å². The molecule has 1 aromatic heterocycles. The number of rotatable bonds is 6. The zero-order valence-corrected chi connectivity index (χ0v) is 16.2. The zero-order chi connectivity index (χ0) is 20.4. The first-order valence-electron chi connectivity index (χ1n) is 9.65. The number of hydrogen-bond donors (Lipinski definition) is 1. The molecule has 2 atom stereocenters. The molecular weight excluding hydrogens is 370 g/mol. The minimum Gasteiger partial charge on any atom is -0.480 e. The standard InChI is InChI=1S/C22H23N3O4/c1-29-16-13-19(22(27)28)24(14-16)21(26)12-11-20-23-17-9-5-6-10-18(17)25(20)15-7-3-2-4-8-15/h2-10,16,19H,11-14H2,1H3,(H,27,28). The van der Waals surface area contributed by atoms with Gasteiger partial charge < -0.3 is 14.7 Å². The predicted octanol–water partition coefficient (Wildman–Crippen LogP) is 2.66. The van der Waals surface area contributed by atoms with E-state index in [9.17, 15) is 14.7 Å². The molecule has 2 unspecified atom stereocenters. The number of para-hydroxylation sites is 3. The van der Waals surface area contributed by atoms with Gasteiger partial charge in [-0.05, 0) is 24.3 Å². The number of carboxylic acid groups (broad SMARTS) is 1. The smallest absolute Gasteiger partial charge is 0.326 e. The van der Waals surface area contributed by atoms with Crippen LogP contribution < -0.4 is 0 Å². The molecule has 7 nitrogen and oxygen atoms in total. The molecule has 2 aromatic carbocycles. The highest BCUT2D eigenvalue weighted by atomic mass is 16.5. The first-order chi connectivity index (χ1) is 14.1. The maximum absolute atomic E-state index is 12.8. The highest BCUT2D eigenvalue weighted by Crippen LogP contribution is 2.24. The van der Waals surface area contributed by atoms with E-state index in [1.54, 1.807) is 7.11 Å². The van der Waals surface area contributed by atoms with Crippen LogP contribution in [0.15, 0.2) is 54.6 Å². The minimum atomic E-state index is -0.991. The molecule has 1 amide bonds. The van der Waals surface area contributed by atoms with Gasteiger partial charge >= 0.3 is 5.97 Å². The van der Waals surface area contributed by atoms with E-state index in [0.29, 0.717) is 19.4 Å².